The molecule has 1 saturated heterocycles. The Morgan fingerprint density at radius 3 is 1.55 bits per heavy atom. The van der Waals surface area contributed by atoms with Gasteiger partial charge in [-0.3, -0.25) is 86.5 Å². The van der Waals surface area contributed by atoms with Gasteiger partial charge < -0.3 is 94.9 Å². The maximum Gasteiger partial charge on any atom is 0.524 e. The van der Waals surface area contributed by atoms with Gasteiger partial charge in [-0.15, -0.1) is 0 Å². The van der Waals surface area contributed by atoms with Gasteiger partial charge in [0.25, 0.3) is 0 Å². The van der Waals surface area contributed by atoms with Crippen LogP contribution in [0.25, 0.3) is 0 Å². The van der Waals surface area contributed by atoms with Crippen molar-refractivity contribution in [1.82, 2.24) is 52.8 Å². The molecule has 1 heterocycles. The molecule has 512 valence electrons. The minimum absolute atomic E-state index is 0.00947. The number of carboxylic acid groups (broad SMARTS) is 4. The van der Waals surface area contributed by atoms with E-state index in [4.69, 9.17) is 27.4 Å². The molecule has 0 aromatic heterocycles. The van der Waals surface area contributed by atoms with Crippen molar-refractivity contribution in [3.8, 4) is 5.75 Å². The van der Waals surface area contributed by atoms with Gasteiger partial charge in [-0.1, -0.05) is 46.2 Å². The third-order valence-corrected chi connectivity index (χ3v) is 14.4. The van der Waals surface area contributed by atoms with E-state index in [9.17, 15) is 101 Å². The van der Waals surface area contributed by atoms with Crippen molar-refractivity contribution < 1.29 is 116 Å². The number of likely N-dealkylation sites (tertiary alicyclic amines) is 1. The van der Waals surface area contributed by atoms with E-state index in [1.807, 2.05) is 0 Å². The molecular weight excluding hydrogens is 1250 g/mol. The molecule has 0 bridgehead atoms. The van der Waals surface area contributed by atoms with Gasteiger partial charge in [0.15, 0.2) is 0 Å². The normalized spacial score (nSPS) is 16.1. The van der Waals surface area contributed by atoms with Crippen LogP contribution in [0.5, 0.6) is 5.75 Å². The third kappa shape index (κ3) is 28.6. The number of aliphatic carboxylic acids is 4. The molecule has 92 heavy (non-hydrogen) atoms. The van der Waals surface area contributed by atoms with Crippen LogP contribution in [0.2, 0.25) is 0 Å². The largest absolute Gasteiger partial charge is 0.524 e. The molecule has 1 fully saturated rings. The van der Waals surface area contributed by atoms with Gasteiger partial charge in [0, 0.05) is 32.2 Å². The summed E-state index contributed by atoms with van der Waals surface area (Å²) < 4.78 is 16.2. The predicted molar refractivity (Wildman–Crippen MR) is 314 cm³/mol. The van der Waals surface area contributed by atoms with E-state index in [-0.39, 0.29) is 43.5 Å². The lowest BCUT2D eigenvalue weighted by atomic mass is 9.95. The first-order valence-corrected chi connectivity index (χ1v) is 30.4. The summed E-state index contributed by atoms with van der Waals surface area (Å²) in [5, 5.41) is 58.2. The van der Waals surface area contributed by atoms with Crippen molar-refractivity contribution >= 4 is 103 Å². The monoisotopic (exact) mass is 1330 g/mol. The van der Waals surface area contributed by atoms with E-state index in [2.05, 4.69) is 52.4 Å². The van der Waals surface area contributed by atoms with E-state index in [1.54, 1.807) is 27.7 Å². The van der Waals surface area contributed by atoms with Gasteiger partial charge in [0.2, 0.25) is 70.9 Å². The number of hydrogen-bond donors (Lipinski definition) is 18. The summed E-state index contributed by atoms with van der Waals surface area (Å²) in [6.45, 7) is 6.74. The van der Waals surface area contributed by atoms with Gasteiger partial charge in [-0.2, -0.15) is 0 Å². The van der Waals surface area contributed by atoms with Gasteiger partial charge in [-0.25, -0.2) is 4.57 Å². The highest BCUT2D eigenvalue weighted by Gasteiger charge is 2.42. The first-order chi connectivity index (χ1) is 42.8. The number of primary amides is 2. The zero-order valence-electron chi connectivity index (χ0n) is 51.0. The molecule has 38 heteroatoms. The zero-order chi connectivity index (χ0) is 69.9. The maximum atomic E-state index is 14.7. The lowest BCUT2D eigenvalue weighted by molar-refractivity contribution is -0.144. The molecule has 0 spiro atoms. The molecule has 0 radical (unpaired) electrons. The number of benzene rings is 1. The van der Waals surface area contributed by atoms with E-state index in [0.717, 1.165) is 24.0 Å². The molecule has 1 aliphatic heterocycles. The van der Waals surface area contributed by atoms with Crippen LogP contribution in [0.15, 0.2) is 24.3 Å². The fraction of sp³-hybridized carbons (Fsp3) is 0.593. The summed E-state index contributed by atoms with van der Waals surface area (Å²) in [7, 11) is -5.08. The van der Waals surface area contributed by atoms with E-state index >= 15 is 0 Å². The quantitative estimate of drug-likeness (QED) is 0.0272. The number of nitrogens with one attached hydrogen (secondary N) is 9. The average Bonchev–Trinajstić information content (AvgIpc) is 1.61. The van der Waals surface area contributed by atoms with Crippen LogP contribution in [0.1, 0.15) is 117 Å². The van der Waals surface area contributed by atoms with E-state index in [0.29, 0.717) is 0 Å². The van der Waals surface area contributed by atoms with Crippen molar-refractivity contribution in [2.45, 2.75) is 179 Å². The fourth-order valence-corrected chi connectivity index (χ4v) is 9.42. The van der Waals surface area contributed by atoms with E-state index < -0.39 is 239 Å². The summed E-state index contributed by atoms with van der Waals surface area (Å²) in [5.41, 5.74) is 16.3. The summed E-state index contributed by atoms with van der Waals surface area (Å²) in [4.78, 5) is 228. The number of carbonyl (C=O) groups excluding carboxylic acids is 12. The van der Waals surface area contributed by atoms with Gasteiger partial charge in [0.1, 0.15) is 66.7 Å². The van der Waals surface area contributed by atoms with Crippen LogP contribution in [0.3, 0.4) is 0 Å². The Kier molecular flexibility index (Phi) is 32.3. The third-order valence-electron chi connectivity index (χ3n) is 14.0. The Bertz CT molecular complexity index is 2930. The summed E-state index contributed by atoms with van der Waals surface area (Å²) in [5.74, 6) is -20.2. The first kappa shape index (κ1) is 78.7. The lowest BCUT2D eigenvalue weighted by Crippen LogP contribution is -2.61. The number of hydrogen-bond acceptors (Lipinski definition) is 19. The standard InChI is InChI=1S/C54H82N13O24P/c1-6-26(4)44(54(87)67-19-7-8-37(67)53(86)62-32(14-17-39(57)69)48(81)60-31(13-16-38(56)68)47(80)58-24-43(76)77)66-52(85)34(20-25(2)3)64-50(83)35(21-28-9-11-29(12-10-28)91-92(88,89)90)65-49(82)33(15-18-40(70)71)61-51(84)36(23-42(74)75)63-45(78)27(5)59-46(79)30(55)22-41(72)73/h9-12,25-27,30-37,44H,6-8,13-24,55H2,1-5H3,(H2,56,68)(H2,57,69)(H,58,80)(H,59,79)(H,60,81)(H,61,84)(H,62,86)(H,63,78)(H,64,83)(H,65,82)(H,66,85)(H,70,71)(H,72,73)(H,74,75)(H,76,77)(H2,88,89,90). The molecule has 37 nitrogen and oxygen atoms in total. The average molecular weight is 1330 g/mol. The van der Waals surface area contributed by atoms with E-state index in [1.165, 1.54) is 12.1 Å². The van der Waals surface area contributed by atoms with Crippen LogP contribution in [0.4, 0.5) is 0 Å². The highest BCUT2D eigenvalue weighted by atomic mass is 31.2. The Balaban J connectivity index is 2.59. The predicted octanol–water partition coefficient (Wildman–Crippen LogP) is -5.44. The minimum Gasteiger partial charge on any atom is -0.481 e. The van der Waals surface area contributed by atoms with Crippen molar-refractivity contribution in [1.29, 1.82) is 0 Å². The Morgan fingerprint density at radius 1 is 0.576 bits per heavy atom. The number of rotatable bonds is 41. The second kappa shape index (κ2) is 37.7. The fourth-order valence-electron chi connectivity index (χ4n) is 9.03. The number of amides is 12. The number of carboxylic acids is 4. The Labute approximate surface area is 526 Å². The van der Waals surface area contributed by atoms with Gasteiger partial charge in [0.05, 0.1) is 18.9 Å². The number of carbonyl (C=O) groups is 16. The SMILES string of the molecule is CCC(C)C(NC(=O)C(CC(C)C)NC(=O)C(Cc1ccc(OP(=O)(O)O)cc1)NC(=O)C(CCC(=O)O)NC(=O)C(CC(=O)O)NC(=O)C(C)NC(=O)C(N)CC(=O)O)C(=O)N1CCCC1C(=O)NC(CCC(N)=O)C(=O)NC(CCC(N)=O)C(=O)NCC(=O)O. The Morgan fingerprint density at radius 2 is 1.05 bits per heavy atom. The number of nitrogens with two attached hydrogens (primary N) is 3. The highest BCUT2D eigenvalue weighted by molar-refractivity contribution is 7.46. The molecule has 21 N–H and O–H groups in total. The van der Waals surface area contributed by atoms with Crippen LogP contribution in [-0.4, -0.2) is 203 Å². The molecule has 0 aliphatic carbocycles. The van der Waals surface area contributed by atoms with Crippen molar-refractivity contribution in [2.75, 3.05) is 13.1 Å². The zero-order valence-corrected chi connectivity index (χ0v) is 51.9. The summed E-state index contributed by atoms with van der Waals surface area (Å²) in [6.07, 6.45) is -5.61. The molecule has 12 amide bonds. The minimum atomic E-state index is -5.08. The van der Waals surface area contributed by atoms with Gasteiger partial charge in [-0.05, 0) is 75.0 Å². The van der Waals surface area contributed by atoms with Crippen molar-refractivity contribution in [3.05, 3.63) is 29.8 Å². The second-order valence-corrected chi connectivity index (χ2v) is 23.2. The number of nitrogens with zero attached hydrogens (tertiary/aromatic N) is 1. The molecule has 0 saturated carbocycles. The highest BCUT2D eigenvalue weighted by Crippen LogP contribution is 2.37. The van der Waals surface area contributed by atoms with Crippen LogP contribution in [-0.2, 0) is 87.7 Å². The molecule has 1 aromatic carbocycles. The van der Waals surface area contributed by atoms with Gasteiger partial charge >= 0.3 is 31.7 Å². The molecule has 11 unspecified atom stereocenters. The maximum absolute atomic E-state index is 14.7. The van der Waals surface area contributed by atoms with Crippen LogP contribution >= 0.6 is 7.82 Å². The van der Waals surface area contributed by atoms with Crippen molar-refractivity contribution in [3.63, 3.8) is 0 Å². The Hall–Kier alpha value is -9.35. The second-order valence-electron chi connectivity index (χ2n) is 22.1. The number of phosphoric acid groups is 1. The molecular formula is C54H82N13O24P. The summed E-state index contributed by atoms with van der Waals surface area (Å²) >= 11 is 0. The first-order valence-electron chi connectivity index (χ1n) is 28.9. The smallest absolute Gasteiger partial charge is 0.481 e. The van der Waals surface area contributed by atoms with Crippen LogP contribution < -0.4 is 69.6 Å². The van der Waals surface area contributed by atoms with Crippen LogP contribution in [0, 0.1) is 11.8 Å². The molecule has 2 rings (SSSR count). The molecule has 1 aliphatic rings. The topological polar surface area (TPSA) is 610 Å². The lowest BCUT2D eigenvalue weighted by Gasteiger charge is -2.33. The van der Waals surface area contributed by atoms with Crippen molar-refractivity contribution in [2.24, 2.45) is 29.0 Å². The molecule has 11 atom stereocenters. The summed E-state index contributed by atoms with van der Waals surface area (Å²) in [6, 6.07) is -11.8. The number of phosphoric ester groups is 1. The molecule has 1 aromatic rings.